The molecule has 19 heavy (non-hydrogen) atoms. The molecule has 2 aromatic heterocycles. The summed E-state index contributed by atoms with van der Waals surface area (Å²) in [6, 6.07) is 3.69. The Hall–Kier alpha value is -1.30. The molecule has 1 amide bonds. The van der Waals surface area contributed by atoms with Gasteiger partial charge in [-0.2, -0.15) is 0 Å². The van der Waals surface area contributed by atoms with Crippen LogP contribution >= 0.6 is 24.8 Å². The van der Waals surface area contributed by atoms with Gasteiger partial charge in [0.1, 0.15) is 5.65 Å². The summed E-state index contributed by atoms with van der Waals surface area (Å²) in [4.78, 5) is 15.9. The first-order valence-corrected chi connectivity index (χ1v) is 5.63. The minimum atomic E-state index is -0.0822. The van der Waals surface area contributed by atoms with E-state index in [9.17, 15) is 4.79 Å². The molecule has 7 heteroatoms. The van der Waals surface area contributed by atoms with Gasteiger partial charge >= 0.3 is 0 Å². The van der Waals surface area contributed by atoms with Crippen molar-refractivity contribution in [1.29, 1.82) is 0 Å². The Kier molecular flexibility index (Phi) is 7.44. The van der Waals surface area contributed by atoms with Gasteiger partial charge in [0.25, 0.3) is 5.91 Å². The van der Waals surface area contributed by atoms with Crippen molar-refractivity contribution < 1.29 is 4.79 Å². The Bertz CT molecular complexity index is 527. The van der Waals surface area contributed by atoms with Crippen LogP contribution in [0.4, 0.5) is 0 Å². The highest BCUT2D eigenvalue weighted by molar-refractivity contribution is 5.94. The van der Waals surface area contributed by atoms with E-state index in [1.807, 2.05) is 23.6 Å². The van der Waals surface area contributed by atoms with Crippen LogP contribution in [-0.4, -0.2) is 27.9 Å². The lowest BCUT2D eigenvalue weighted by Crippen LogP contribution is -2.29. The van der Waals surface area contributed by atoms with Crippen molar-refractivity contribution in [1.82, 2.24) is 14.7 Å². The van der Waals surface area contributed by atoms with E-state index in [0.29, 0.717) is 12.1 Å². The predicted molar refractivity (Wildman–Crippen MR) is 80.3 cm³/mol. The number of halogens is 2. The van der Waals surface area contributed by atoms with E-state index in [-0.39, 0.29) is 36.8 Å². The number of nitrogens with zero attached hydrogens (tertiary/aromatic N) is 2. The fraction of sp³-hybridized carbons (Fsp3) is 0.333. The van der Waals surface area contributed by atoms with E-state index in [1.165, 1.54) is 0 Å². The first-order chi connectivity index (χ1) is 8.16. The molecule has 0 aromatic carbocycles. The van der Waals surface area contributed by atoms with Crippen LogP contribution in [-0.2, 0) is 0 Å². The quantitative estimate of drug-likeness (QED) is 0.902. The number of imidazole rings is 1. The number of fused-ring (bicyclic) bond motifs is 1. The van der Waals surface area contributed by atoms with Crippen LogP contribution in [0.25, 0.3) is 5.65 Å². The van der Waals surface area contributed by atoms with Crippen molar-refractivity contribution in [3.05, 3.63) is 36.3 Å². The van der Waals surface area contributed by atoms with E-state index in [1.54, 1.807) is 18.5 Å². The molecule has 0 aliphatic rings. The number of aromatic nitrogens is 2. The lowest BCUT2D eigenvalue weighted by molar-refractivity contribution is 0.0952. The van der Waals surface area contributed by atoms with Crippen LogP contribution in [0.1, 0.15) is 23.7 Å². The molecule has 3 N–H and O–H groups in total. The maximum atomic E-state index is 11.8. The lowest BCUT2D eigenvalue weighted by atomic mass is 10.2. The molecular weight excluding hydrogens is 287 g/mol. The van der Waals surface area contributed by atoms with E-state index < -0.39 is 0 Å². The van der Waals surface area contributed by atoms with E-state index in [0.717, 1.165) is 12.1 Å². The molecule has 106 valence electrons. The summed E-state index contributed by atoms with van der Waals surface area (Å²) in [5.74, 6) is -0.0822. The molecule has 0 spiro atoms. The van der Waals surface area contributed by atoms with Crippen LogP contribution in [0, 0.1) is 0 Å². The van der Waals surface area contributed by atoms with Gasteiger partial charge in [0, 0.05) is 31.2 Å². The second-order valence-corrected chi connectivity index (χ2v) is 4.13. The highest BCUT2D eigenvalue weighted by Gasteiger charge is 2.06. The Morgan fingerprint density at radius 1 is 1.47 bits per heavy atom. The predicted octanol–water partition coefficient (Wildman–Crippen LogP) is 1.64. The monoisotopic (exact) mass is 304 g/mol. The van der Waals surface area contributed by atoms with Gasteiger partial charge in [-0.25, -0.2) is 4.98 Å². The van der Waals surface area contributed by atoms with Gasteiger partial charge in [-0.3, -0.25) is 4.79 Å². The number of amides is 1. The van der Waals surface area contributed by atoms with E-state index >= 15 is 0 Å². The SMILES string of the molecule is CC(N)CCNC(=O)c1ccc2nccn2c1.Cl.Cl. The van der Waals surface area contributed by atoms with Gasteiger partial charge in [-0.1, -0.05) is 0 Å². The van der Waals surface area contributed by atoms with Crippen molar-refractivity contribution >= 4 is 36.4 Å². The Balaban J connectivity index is 0.00000162. The van der Waals surface area contributed by atoms with Crippen molar-refractivity contribution in [3.8, 4) is 0 Å². The summed E-state index contributed by atoms with van der Waals surface area (Å²) in [6.45, 7) is 2.52. The molecule has 0 saturated heterocycles. The molecule has 1 atom stereocenters. The van der Waals surface area contributed by atoms with Crippen molar-refractivity contribution in [2.24, 2.45) is 5.73 Å². The van der Waals surface area contributed by atoms with Gasteiger partial charge in [-0.05, 0) is 25.5 Å². The number of nitrogens with one attached hydrogen (secondary N) is 1. The number of rotatable bonds is 4. The minimum absolute atomic E-state index is 0. The number of hydrogen-bond donors (Lipinski definition) is 2. The average Bonchev–Trinajstić information content (AvgIpc) is 2.75. The van der Waals surface area contributed by atoms with Crippen LogP contribution in [0.5, 0.6) is 0 Å². The Morgan fingerprint density at radius 2 is 2.21 bits per heavy atom. The maximum absolute atomic E-state index is 11.8. The van der Waals surface area contributed by atoms with Crippen molar-refractivity contribution in [3.63, 3.8) is 0 Å². The van der Waals surface area contributed by atoms with Gasteiger partial charge in [-0.15, -0.1) is 24.8 Å². The zero-order valence-electron chi connectivity index (χ0n) is 10.6. The van der Waals surface area contributed by atoms with Gasteiger partial charge in [0.15, 0.2) is 0 Å². The van der Waals surface area contributed by atoms with Crippen molar-refractivity contribution in [2.45, 2.75) is 19.4 Å². The minimum Gasteiger partial charge on any atom is -0.352 e. The zero-order valence-corrected chi connectivity index (χ0v) is 12.2. The number of carbonyl (C=O) groups is 1. The smallest absolute Gasteiger partial charge is 0.252 e. The van der Waals surface area contributed by atoms with E-state index in [2.05, 4.69) is 10.3 Å². The normalized spacial score (nSPS) is 11.3. The standard InChI is InChI=1S/C12H16N4O.2ClH/c1-9(13)4-5-15-12(17)10-2-3-11-14-6-7-16(11)8-10;;/h2-3,6-9H,4-5,13H2,1H3,(H,15,17);2*1H. The molecule has 0 bridgehead atoms. The molecule has 2 rings (SSSR count). The number of carbonyl (C=O) groups excluding carboxylic acids is 1. The van der Waals surface area contributed by atoms with Gasteiger partial charge in [0.2, 0.25) is 0 Å². The third-order valence-corrected chi connectivity index (χ3v) is 2.54. The zero-order chi connectivity index (χ0) is 12.3. The second kappa shape index (κ2) is 7.99. The molecule has 0 fully saturated rings. The summed E-state index contributed by atoms with van der Waals surface area (Å²) in [7, 11) is 0. The number of nitrogens with two attached hydrogens (primary N) is 1. The highest BCUT2D eigenvalue weighted by Crippen LogP contribution is 2.04. The molecule has 2 heterocycles. The molecular formula is C12H18Cl2N4O. The fourth-order valence-corrected chi connectivity index (χ4v) is 1.57. The topological polar surface area (TPSA) is 72.4 Å². The summed E-state index contributed by atoms with van der Waals surface area (Å²) >= 11 is 0. The molecule has 0 aliphatic carbocycles. The van der Waals surface area contributed by atoms with Gasteiger partial charge in [0.05, 0.1) is 5.56 Å². The molecule has 0 saturated carbocycles. The average molecular weight is 305 g/mol. The summed E-state index contributed by atoms with van der Waals surface area (Å²) < 4.78 is 1.82. The summed E-state index contributed by atoms with van der Waals surface area (Å²) in [5, 5.41) is 2.83. The molecule has 5 nitrogen and oxygen atoms in total. The Labute approximate surface area is 124 Å². The molecule has 0 aliphatic heterocycles. The molecule has 0 radical (unpaired) electrons. The third-order valence-electron chi connectivity index (χ3n) is 2.54. The van der Waals surface area contributed by atoms with E-state index in [4.69, 9.17) is 5.73 Å². The summed E-state index contributed by atoms with van der Waals surface area (Å²) in [5.41, 5.74) is 7.07. The van der Waals surface area contributed by atoms with Crippen LogP contribution in [0.2, 0.25) is 0 Å². The second-order valence-electron chi connectivity index (χ2n) is 4.13. The van der Waals surface area contributed by atoms with Crippen LogP contribution < -0.4 is 11.1 Å². The van der Waals surface area contributed by atoms with Crippen LogP contribution in [0.3, 0.4) is 0 Å². The summed E-state index contributed by atoms with van der Waals surface area (Å²) in [6.07, 6.45) is 6.06. The number of hydrogen-bond acceptors (Lipinski definition) is 3. The van der Waals surface area contributed by atoms with Gasteiger partial charge < -0.3 is 15.5 Å². The van der Waals surface area contributed by atoms with Crippen molar-refractivity contribution in [2.75, 3.05) is 6.54 Å². The third kappa shape index (κ3) is 4.70. The number of pyridine rings is 1. The molecule has 1 unspecified atom stereocenters. The van der Waals surface area contributed by atoms with Crippen LogP contribution in [0.15, 0.2) is 30.7 Å². The Morgan fingerprint density at radius 3 is 2.89 bits per heavy atom. The molecule has 2 aromatic rings. The largest absolute Gasteiger partial charge is 0.352 e. The first kappa shape index (κ1) is 17.7. The highest BCUT2D eigenvalue weighted by atomic mass is 35.5. The fourth-order valence-electron chi connectivity index (χ4n) is 1.57. The maximum Gasteiger partial charge on any atom is 0.252 e. The lowest BCUT2D eigenvalue weighted by Gasteiger charge is -2.07. The first-order valence-electron chi connectivity index (χ1n) is 5.63.